The second kappa shape index (κ2) is 8.68. The molecule has 7 nitrogen and oxygen atoms in total. The fraction of sp³-hybridized carbons (Fsp3) is 0.450. The third kappa shape index (κ3) is 4.01. The second-order valence-electron chi connectivity index (χ2n) is 6.78. The lowest BCUT2D eigenvalue weighted by atomic mass is 10.0. The molecule has 2 aliphatic rings. The van der Waals surface area contributed by atoms with Gasteiger partial charge in [-0.3, -0.25) is 19.3 Å². The van der Waals surface area contributed by atoms with Crippen molar-refractivity contribution in [3.8, 4) is 11.5 Å². The summed E-state index contributed by atoms with van der Waals surface area (Å²) < 4.78 is 10.6. The number of piperidine rings is 1. The molecule has 2 heterocycles. The van der Waals surface area contributed by atoms with Gasteiger partial charge in [0.2, 0.25) is 5.91 Å². The molecule has 0 radical (unpaired) electrons. The molecule has 150 valence electrons. The molecule has 0 saturated carbocycles. The third-order valence-electron chi connectivity index (χ3n) is 5.01. The Balaban J connectivity index is 1.78. The molecule has 0 aliphatic carbocycles. The summed E-state index contributed by atoms with van der Waals surface area (Å²) in [5.74, 6) is 0.368. The molecule has 2 aliphatic heterocycles. The zero-order valence-electron chi connectivity index (χ0n) is 16.3. The van der Waals surface area contributed by atoms with E-state index in [1.807, 2.05) is 6.92 Å². The number of carbonyl (C=O) groups is 3. The highest BCUT2D eigenvalue weighted by atomic mass is 32.2. The van der Waals surface area contributed by atoms with Crippen LogP contribution < -0.4 is 9.47 Å². The molecule has 1 aromatic carbocycles. The highest BCUT2D eigenvalue weighted by Gasteiger charge is 2.38. The Morgan fingerprint density at radius 1 is 1.25 bits per heavy atom. The first-order valence-electron chi connectivity index (χ1n) is 9.22. The van der Waals surface area contributed by atoms with Gasteiger partial charge in [0.15, 0.2) is 11.5 Å². The lowest BCUT2D eigenvalue weighted by Crippen LogP contribution is -2.47. The van der Waals surface area contributed by atoms with Gasteiger partial charge in [0.25, 0.3) is 11.1 Å². The molecule has 1 atom stereocenters. The molecule has 0 unspecified atom stereocenters. The maximum absolute atomic E-state index is 12.7. The van der Waals surface area contributed by atoms with Crippen molar-refractivity contribution >= 4 is 34.9 Å². The summed E-state index contributed by atoms with van der Waals surface area (Å²) in [6.07, 6.45) is 4.59. The van der Waals surface area contributed by atoms with Crippen LogP contribution in [0.5, 0.6) is 11.5 Å². The molecule has 0 bridgehead atoms. The smallest absolute Gasteiger partial charge is 0.294 e. The zero-order chi connectivity index (χ0) is 20.3. The number of likely N-dealkylation sites (tertiary alicyclic amines) is 1. The van der Waals surface area contributed by atoms with E-state index >= 15 is 0 Å². The Morgan fingerprint density at radius 2 is 2.04 bits per heavy atom. The van der Waals surface area contributed by atoms with E-state index in [2.05, 4.69) is 0 Å². The van der Waals surface area contributed by atoms with E-state index in [0.29, 0.717) is 23.6 Å². The summed E-state index contributed by atoms with van der Waals surface area (Å²) in [7, 11) is 3.04. The van der Waals surface area contributed by atoms with Gasteiger partial charge < -0.3 is 14.4 Å². The van der Waals surface area contributed by atoms with Gasteiger partial charge >= 0.3 is 0 Å². The summed E-state index contributed by atoms with van der Waals surface area (Å²) in [5, 5.41) is -0.434. The molecule has 3 amide bonds. The number of nitrogens with zero attached hydrogens (tertiary/aromatic N) is 2. The number of ether oxygens (including phenoxy) is 2. The van der Waals surface area contributed by atoms with Crippen LogP contribution in [0.1, 0.15) is 31.7 Å². The molecule has 1 aromatic rings. The number of methoxy groups -OCH3 is 2. The highest BCUT2D eigenvalue weighted by Crippen LogP contribution is 2.37. The van der Waals surface area contributed by atoms with Crippen LogP contribution in [0.2, 0.25) is 0 Å². The van der Waals surface area contributed by atoms with E-state index in [0.717, 1.165) is 35.9 Å². The fourth-order valence-corrected chi connectivity index (χ4v) is 4.33. The molecular weight excluding hydrogens is 380 g/mol. The fourth-order valence-electron chi connectivity index (χ4n) is 3.50. The topological polar surface area (TPSA) is 76.2 Å². The first-order valence-corrected chi connectivity index (χ1v) is 10.0. The van der Waals surface area contributed by atoms with E-state index in [4.69, 9.17) is 9.47 Å². The highest BCUT2D eigenvalue weighted by molar-refractivity contribution is 8.18. The van der Waals surface area contributed by atoms with Gasteiger partial charge in [-0.05, 0) is 50.1 Å². The van der Waals surface area contributed by atoms with Gasteiger partial charge in [0.1, 0.15) is 6.54 Å². The second-order valence-corrected chi connectivity index (χ2v) is 7.78. The van der Waals surface area contributed by atoms with Gasteiger partial charge in [-0.15, -0.1) is 0 Å². The van der Waals surface area contributed by atoms with Crippen LogP contribution in [0, 0.1) is 0 Å². The van der Waals surface area contributed by atoms with Crippen molar-refractivity contribution in [2.24, 2.45) is 0 Å². The van der Waals surface area contributed by atoms with Crippen molar-refractivity contribution in [2.75, 3.05) is 27.3 Å². The Labute approximate surface area is 168 Å². The number of hydrogen-bond donors (Lipinski definition) is 0. The quantitative estimate of drug-likeness (QED) is 0.702. The van der Waals surface area contributed by atoms with Crippen molar-refractivity contribution in [3.63, 3.8) is 0 Å². The van der Waals surface area contributed by atoms with Crippen molar-refractivity contribution < 1.29 is 23.9 Å². The minimum absolute atomic E-state index is 0.137. The lowest BCUT2D eigenvalue weighted by Gasteiger charge is -2.34. The van der Waals surface area contributed by atoms with E-state index < -0.39 is 11.1 Å². The van der Waals surface area contributed by atoms with E-state index in [1.165, 1.54) is 14.2 Å². The van der Waals surface area contributed by atoms with Crippen molar-refractivity contribution in [2.45, 2.75) is 32.2 Å². The molecule has 28 heavy (non-hydrogen) atoms. The SMILES string of the molecule is COc1cccc(/C=C2\SC(=O)N(CC(=O)N3CCCC[C@H]3C)C2=O)c1OC. The molecule has 2 saturated heterocycles. The van der Waals surface area contributed by atoms with Crippen LogP contribution in [0.25, 0.3) is 6.08 Å². The van der Waals surface area contributed by atoms with Crippen LogP contribution in [0.4, 0.5) is 4.79 Å². The number of rotatable bonds is 5. The Bertz CT molecular complexity index is 823. The van der Waals surface area contributed by atoms with Crippen LogP contribution in [-0.4, -0.2) is 60.2 Å². The Kier molecular flexibility index (Phi) is 6.28. The van der Waals surface area contributed by atoms with Crippen LogP contribution in [0.3, 0.4) is 0 Å². The first kappa shape index (κ1) is 20.3. The summed E-state index contributed by atoms with van der Waals surface area (Å²) in [6, 6.07) is 5.44. The normalized spacial score (nSPS) is 21.4. The Hall–Kier alpha value is -2.48. The molecule has 8 heteroatoms. The van der Waals surface area contributed by atoms with Gasteiger partial charge in [-0.2, -0.15) is 0 Å². The predicted octanol–water partition coefficient (Wildman–Crippen LogP) is 3.14. The number of thioether (sulfide) groups is 1. The standard InChI is InChI=1S/C20H24N2O5S/c1-13-7-4-5-10-21(13)17(23)12-22-19(24)16(28-20(22)25)11-14-8-6-9-15(26-2)18(14)27-3/h6,8-9,11,13H,4-5,7,10,12H2,1-3H3/b16-11-/t13-/m1/s1. The summed E-state index contributed by atoms with van der Waals surface area (Å²) in [5.41, 5.74) is 0.628. The minimum Gasteiger partial charge on any atom is -0.493 e. The van der Waals surface area contributed by atoms with Gasteiger partial charge in [-0.1, -0.05) is 12.1 Å². The summed E-state index contributed by atoms with van der Waals surface area (Å²) >= 11 is 0.830. The van der Waals surface area contributed by atoms with Crippen LogP contribution >= 0.6 is 11.8 Å². The number of hydrogen-bond acceptors (Lipinski definition) is 6. The number of amides is 3. The monoisotopic (exact) mass is 404 g/mol. The maximum Gasteiger partial charge on any atom is 0.294 e. The van der Waals surface area contributed by atoms with Gasteiger partial charge in [0.05, 0.1) is 19.1 Å². The van der Waals surface area contributed by atoms with E-state index in [-0.39, 0.29) is 23.4 Å². The molecular formula is C20H24N2O5S. The average Bonchev–Trinajstić information content (AvgIpc) is 2.95. The lowest BCUT2D eigenvalue weighted by molar-refractivity contribution is -0.138. The van der Waals surface area contributed by atoms with Crippen molar-refractivity contribution in [1.82, 2.24) is 9.80 Å². The number of para-hydroxylation sites is 1. The van der Waals surface area contributed by atoms with Crippen molar-refractivity contribution in [1.29, 1.82) is 0 Å². The van der Waals surface area contributed by atoms with E-state index in [9.17, 15) is 14.4 Å². The molecule has 0 spiro atoms. The average molecular weight is 404 g/mol. The maximum atomic E-state index is 12.7. The number of imide groups is 1. The minimum atomic E-state index is -0.460. The molecule has 0 N–H and O–H groups in total. The van der Waals surface area contributed by atoms with Gasteiger partial charge in [0, 0.05) is 18.2 Å². The third-order valence-corrected chi connectivity index (χ3v) is 5.92. The number of benzene rings is 1. The largest absolute Gasteiger partial charge is 0.493 e. The Morgan fingerprint density at radius 3 is 2.71 bits per heavy atom. The summed E-state index contributed by atoms with van der Waals surface area (Å²) in [6.45, 7) is 2.45. The van der Waals surface area contributed by atoms with Crippen LogP contribution in [-0.2, 0) is 9.59 Å². The van der Waals surface area contributed by atoms with Gasteiger partial charge in [-0.25, -0.2) is 0 Å². The van der Waals surface area contributed by atoms with Crippen LogP contribution in [0.15, 0.2) is 23.1 Å². The zero-order valence-corrected chi connectivity index (χ0v) is 17.1. The van der Waals surface area contributed by atoms with E-state index in [1.54, 1.807) is 29.2 Å². The molecule has 3 rings (SSSR count). The predicted molar refractivity (Wildman–Crippen MR) is 107 cm³/mol. The number of carbonyl (C=O) groups excluding carboxylic acids is 3. The molecule has 0 aromatic heterocycles. The first-order chi connectivity index (χ1) is 13.5. The van der Waals surface area contributed by atoms with Crippen molar-refractivity contribution in [3.05, 3.63) is 28.7 Å². The molecule has 2 fully saturated rings. The summed E-state index contributed by atoms with van der Waals surface area (Å²) in [4.78, 5) is 40.8.